The number of hydrogen-bond donors (Lipinski definition) is 0. The van der Waals surface area contributed by atoms with E-state index in [0.29, 0.717) is 19.3 Å². The lowest BCUT2D eigenvalue weighted by Gasteiger charge is -2.18. The van der Waals surface area contributed by atoms with Gasteiger partial charge in [0.05, 0.1) is 0 Å². The van der Waals surface area contributed by atoms with Gasteiger partial charge in [0.1, 0.15) is 13.2 Å². The van der Waals surface area contributed by atoms with Crippen molar-refractivity contribution in [3.8, 4) is 0 Å². The van der Waals surface area contributed by atoms with Gasteiger partial charge in [0.15, 0.2) is 6.10 Å². The molecule has 0 heterocycles. The second kappa shape index (κ2) is 62.2. The fraction of sp³-hybridized carbons (Fsp3) is 0.866. The number of hydrogen-bond acceptors (Lipinski definition) is 6. The Morgan fingerprint density at radius 1 is 0.274 bits per heavy atom. The van der Waals surface area contributed by atoms with E-state index in [9.17, 15) is 14.4 Å². The molecule has 0 saturated heterocycles. The van der Waals surface area contributed by atoms with Crippen LogP contribution >= 0.6 is 0 Å². The second-order valence-electron chi connectivity index (χ2n) is 22.0. The number of carbonyl (C=O) groups is 3. The Labute approximate surface area is 455 Å². The van der Waals surface area contributed by atoms with Crippen molar-refractivity contribution in [2.45, 2.75) is 361 Å². The van der Waals surface area contributed by atoms with Crippen LogP contribution in [0, 0.1) is 0 Å². The molecular formula is C67H124O6. The Morgan fingerprint density at radius 2 is 0.493 bits per heavy atom. The van der Waals surface area contributed by atoms with Crippen molar-refractivity contribution in [3.05, 3.63) is 36.5 Å². The van der Waals surface area contributed by atoms with Gasteiger partial charge in [-0.1, -0.05) is 295 Å². The Balaban J connectivity index is 4.31. The van der Waals surface area contributed by atoms with E-state index in [1.807, 2.05) is 0 Å². The van der Waals surface area contributed by atoms with Crippen LogP contribution in [0.3, 0.4) is 0 Å². The zero-order valence-corrected chi connectivity index (χ0v) is 49.2. The van der Waals surface area contributed by atoms with E-state index < -0.39 is 6.10 Å². The fourth-order valence-electron chi connectivity index (χ4n) is 9.71. The molecule has 6 heteroatoms. The molecule has 0 fully saturated rings. The van der Waals surface area contributed by atoms with Gasteiger partial charge < -0.3 is 14.2 Å². The van der Waals surface area contributed by atoms with E-state index in [1.165, 1.54) is 238 Å². The molecule has 6 nitrogen and oxygen atoms in total. The number of ether oxygens (including phenoxy) is 3. The van der Waals surface area contributed by atoms with Crippen LogP contribution in [0.1, 0.15) is 355 Å². The highest BCUT2D eigenvalue weighted by atomic mass is 16.6. The van der Waals surface area contributed by atoms with Crippen molar-refractivity contribution in [2.24, 2.45) is 0 Å². The van der Waals surface area contributed by atoms with Crippen LogP contribution in [0.5, 0.6) is 0 Å². The Kier molecular flexibility index (Phi) is 60.2. The molecule has 0 amide bonds. The van der Waals surface area contributed by atoms with Gasteiger partial charge in [0.25, 0.3) is 0 Å². The van der Waals surface area contributed by atoms with E-state index in [1.54, 1.807) is 0 Å². The maximum atomic E-state index is 12.9. The van der Waals surface area contributed by atoms with Crippen LogP contribution < -0.4 is 0 Å². The van der Waals surface area contributed by atoms with E-state index in [4.69, 9.17) is 14.2 Å². The molecule has 0 radical (unpaired) electrons. The molecule has 0 spiro atoms. The average Bonchev–Trinajstić information content (AvgIpc) is 3.39. The maximum absolute atomic E-state index is 12.9. The van der Waals surface area contributed by atoms with Gasteiger partial charge in [-0.3, -0.25) is 14.4 Å². The first kappa shape index (κ1) is 70.6. The summed E-state index contributed by atoms with van der Waals surface area (Å²) in [5.41, 5.74) is 0. The summed E-state index contributed by atoms with van der Waals surface area (Å²) >= 11 is 0. The zero-order valence-electron chi connectivity index (χ0n) is 49.2. The Morgan fingerprint density at radius 3 is 0.781 bits per heavy atom. The largest absolute Gasteiger partial charge is 0.462 e. The summed E-state index contributed by atoms with van der Waals surface area (Å²) in [5.74, 6) is -0.867. The minimum absolute atomic E-state index is 0.0738. The monoisotopic (exact) mass is 1020 g/mol. The first-order valence-electron chi connectivity index (χ1n) is 32.5. The maximum Gasteiger partial charge on any atom is 0.306 e. The molecular weight excluding hydrogens is 901 g/mol. The van der Waals surface area contributed by atoms with Crippen LogP contribution in [0.15, 0.2) is 36.5 Å². The summed E-state index contributed by atoms with van der Waals surface area (Å²) in [6, 6.07) is 0. The second-order valence-corrected chi connectivity index (χ2v) is 22.0. The predicted molar refractivity (Wildman–Crippen MR) is 316 cm³/mol. The molecule has 0 aliphatic carbocycles. The van der Waals surface area contributed by atoms with Gasteiger partial charge in [-0.15, -0.1) is 0 Å². The number of unbranched alkanes of at least 4 members (excludes halogenated alkanes) is 43. The van der Waals surface area contributed by atoms with Crippen molar-refractivity contribution in [1.82, 2.24) is 0 Å². The van der Waals surface area contributed by atoms with Crippen molar-refractivity contribution in [2.75, 3.05) is 13.2 Å². The molecule has 1 atom stereocenters. The standard InChI is InChI=1S/C67H124O6/c1-4-7-10-13-16-19-22-25-28-30-32-33-34-35-37-39-42-45-48-51-54-57-60-66(69)72-63-64(62-71-65(68)59-56-53-50-47-44-41-38-27-24-21-18-15-12-9-6-3)73-67(70)61-58-55-52-49-46-43-40-36-31-29-26-23-20-17-14-11-8-5-2/h20,23,27,29,31,38,64H,4-19,21-22,24-26,28,30,32-37,39-63H2,1-3H3/b23-20-,31-29-,38-27-. The third-order valence-electron chi connectivity index (χ3n) is 14.6. The van der Waals surface area contributed by atoms with Crippen LogP contribution in [0.2, 0.25) is 0 Å². The molecule has 1 unspecified atom stereocenters. The third-order valence-corrected chi connectivity index (χ3v) is 14.6. The van der Waals surface area contributed by atoms with Gasteiger partial charge >= 0.3 is 17.9 Å². The molecule has 0 aromatic rings. The van der Waals surface area contributed by atoms with Crippen molar-refractivity contribution >= 4 is 17.9 Å². The lowest BCUT2D eigenvalue weighted by atomic mass is 10.0. The average molecular weight is 1030 g/mol. The summed E-state index contributed by atoms with van der Waals surface area (Å²) < 4.78 is 16.9. The quantitative estimate of drug-likeness (QED) is 0.0261. The van der Waals surface area contributed by atoms with Crippen LogP contribution in [0.4, 0.5) is 0 Å². The van der Waals surface area contributed by atoms with Gasteiger partial charge in [-0.2, -0.15) is 0 Å². The predicted octanol–water partition coefficient (Wildman–Crippen LogP) is 22.0. The van der Waals surface area contributed by atoms with E-state index >= 15 is 0 Å². The number of rotatable bonds is 60. The van der Waals surface area contributed by atoms with Gasteiger partial charge in [-0.05, 0) is 77.0 Å². The first-order valence-corrected chi connectivity index (χ1v) is 32.5. The molecule has 73 heavy (non-hydrogen) atoms. The minimum Gasteiger partial charge on any atom is -0.462 e. The number of carbonyl (C=O) groups excluding carboxylic acids is 3. The lowest BCUT2D eigenvalue weighted by Crippen LogP contribution is -2.30. The molecule has 428 valence electrons. The highest BCUT2D eigenvalue weighted by molar-refractivity contribution is 5.71. The van der Waals surface area contributed by atoms with Crippen molar-refractivity contribution in [1.29, 1.82) is 0 Å². The summed E-state index contributed by atoms with van der Waals surface area (Å²) in [6.07, 6.45) is 75.8. The molecule has 0 aliphatic rings. The van der Waals surface area contributed by atoms with Crippen molar-refractivity contribution in [3.63, 3.8) is 0 Å². The highest BCUT2D eigenvalue weighted by Crippen LogP contribution is 2.17. The number of esters is 3. The van der Waals surface area contributed by atoms with Crippen LogP contribution in [0.25, 0.3) is 0 Å². The van der Waals surface area contributed by atoms with E-state index in [0.717, 1.165) is 77.0 Å². The molecule has 0 aromatic heterocycles. The van der Waals surface area contributed by atoms with Gasteiger partial charge in [-0.25, -0.2) is 0 Å². The smallest absolute Gasteiger partial charge is 0.306 e. The van der Waals surface area contributed by atoms with Gasteiger partial charge in [0.2, 0.25) is 0 Å². The molecule has 0 saturated carbocycles. The molecule has 0 aromatic carbocycles. The normalized spacial score (nSPS) is 12.2. The van der Waals surface area contributed by atoms with Crippen LogP contribution in [-0.2, 0) is 28.6 Å². The fourth-order valence-corrected chi connectivity index (χ4v) is 9.71. The topological polar surface area (TPSA) is 78.9 Å². The SMILES string of the molecule is CCCCCC/C=C\C/C=C\CCCCCCCCCC(=O)OC(COC(=O)CCCCCCC/C=C\CCCCCCCC)COC(=O)CCCCCCCCCCCCCCCCCCCCCCCC. The Hall–Kier alpha value is -2.37. The summed E-state index contributed by atoms with van der Waals surface area (Å²) in [4.78, 5) is 38.3. The molecule has 0 bridgehead atoms. The molecule has 0 rings (SSSR count). The summed E-state index contributed by atoms with van der Waals surface area (Å²) in [6.45, 7) is 6.67. The summed E-state index contributed by atoms with van der Waals surface area (Å²) in [7, 11) is 0. The van der Waals surface area contributed by atoms with E-state index in [2.05, 4.69) is 57.2 Å². The lowest BCUT2D eigenvalue weighted by molar-refractivity contribution is -0.167. The molecule has 0 N–H and O–H groups in total. The van der Waals surface area contributed by atoms with Crippen molar-refractivity contribution < 1.29 is 28.6 Å². The number of allylic oxidation sites excluding steroid dienone is 6. The third kappa shape index (κ3) is 60.4. The van der Waals surface area contributed by atoms with Gasteiger partial charge in [0, 0.05) is 19.3 Å². The zero-order chi connectivity index (χ0) is 52.9. The Bertz CT molecular complexity index is 1220. The highest BCUT2D eigenvalue weighted by Gasteiger charge is 2.19. The summed E-state index contributed by atoms with van der Waals surface area (Å²) in [5, 5.41) is 0. The molecule has 0 aliphatic heterocycles. The first-order chi connectivity index (χ1) is 36.0. The minimum atomic E-state index is -0.778. The van der Waals surface area contributed by atoms with Crippen LogP contribution in [-0.4, -0.2) is 37.2 Å². The van der Waals surface area contributed by atoms with E-state index in [-0.39, 0.29) is 31.1 Å².